The quantitative estimate of drug-likeness (QED) is 0.913. The minimum absolute atomic E-state index is 0.298. The number of nitrogens with two attached hydrogens (primary N) is 1. The van der Waals surface area contributed by atoms with Gasteiger partial charge in [-0.2, -0.15) is 16.9 Å². The van der Waals surface area contributed by atoms with Crippen molar-refractivity contribution in [1.82, 2.24) is 5.01 Å². The van der Waals surface area contributed by atoms with E-state index in [0.717, 1.165) is 18.1 Å². The van der Waals surface area contributed by atoms with Crippen molar-refractivity contribution in [2.45, 2.75) is 6.04 Å². The standard InChI is InChI=1S/C21H23N3S/c22-11-12-24-21(17-9-5-2-6-10-17)19-15-25-14-18(20(19)23-24)13-16-7-3-1-4-8-16/h1-10,13,19,21H,11-12,14-15,22H2. The van der Waals surface area contributed by atoms with Crippen LogP contribution in [0.15, 0.2) is 71.3 Å². The maximum absolute atomic E-state index is 5.87. The summed E-state index contributed by atoms with van der Waals surface area (Å²) in [4.78, 5) is 0. The Morgan fingerprint density at radius 1 is 1.08 bits per heavy atom. The van der Waals surface area contributed by atoms with Crippen LogP contribution in [0.25, 0.3) is 6.08 Å². The van der Waals surface area contributed by atoms with Gasteiger partial charge in [-0.1, -0.05) is 60.7 Å². The molecule has 1 saturated heterocycles. The number of benzene rings is 2. The van der Waals surface area contributed by atoms with Crippen LogP contribution in [-0.2, 0) is 0 Å². The summed E-state index contributed by atoms with van der Waals surface area (Å²) in [5, 5.41) is 7.23. The predicted octanol–water partition coefficient (Wildman–Crippen LogP) is 3.80. The number of hydrogen-bond donors (Lipinski definition) is 1. The normalized spacial score (nSPS) is 24.3. The molecule has 2 heterocycles. The average Bonchev–Trinajstić information content (AvgIpc) is 3.03. The van der Waals surface area contributed by atoms with E-state index in [9.17, 15) is 0 Å². The first-order valence-corrected chi connectivity index (χ1v) is 9.96. The molecule has 128 valence electrons. The van der Waals surface area contributed by atoms with Crippen molar-refractivity contribution in [2.24, 2.45) is 16.8 Å². The first-order valence-electron chi connectivity index (χ1n) is 8.80. The van der Waals surface area contributed by atoms with Gasteiger partial charge in [-0.25, -0.2) is 0 Å². The van der Waals surface area contributed by atoms with Crippen LogP contribution in [0.5, 0.6) is 0 Å². The molecule has 2 aromatic rings. The van der Waals surface area contributed by atoms with Crippen LogP contribution in [0.3, 0.4) is 0 Å². The van der Waals surface area contributed by atoms with Crippen molar-refractivity contribution in [2.75, 3.05) is 24.6 Å². The van der Waals surface area contributed by atoms with E-state index in [1.54, 1.807) is 0 Å². The van der Waals surface area contributed by atoms with E-state index < -0.39 is 0 Å². The summed E-state index contributed by atoms with van der Waals surface area (Å²) in [6.45, 7) is 1.42. The van der Waals surface area contributed by atoms with Gasteiger partial charge >= 0.3 is 0 Å². The molecule has 0 radical (unpaired) electrons. The van der Waals surface area contributed by atoms with Crippen molar-refractivity contribution in [1.29, 1.82) is 0 Å². The maximum Gasteiger partial charge on any atom is 0.0813 e. The molecule has 0 saturated carbocycles. The molecule has 2 aliphatic heterocycles. The summed E-state index contributed by atoms with van der Waals surface area (Å²) in [6.07, 6.45) is 2.30. The lowest BCUT2D eigenvalue weighted by atomic mass is 9.87. The molecule has 2 aromatic carbocycles. The molecular weight excluding hydrogens is 326 g/mol. The van der Waals surface area contributed by atoms with Crippen molar-refractivity contribution >= 4 is 23.5 Å². The topological polar surface area (TPSA) is 41.6 Å². The van der Waals surface area contributed by atoms with Crippen LogP contribution in [0.1, 0.15) is 17.2 Å². The van der Waals surface area contributed by atoms with Crippen LogP contribution in [0, 0.1) is 5.92 Å². The lowest BCUT2D eigenvalue weighted by Crippen LogP contribution is -2.32. The van der Waals surface area contributed by atoms with Gasteiger partial charge in [-0.3, -0.25) is 5.01 Å². The molecule has 4 rings (SSSR count). The minimum atomic E-state index is 0.298. The summed E-state index contributed by atoms with van der Waals surface area (Å²) >= 11 is 2.01. The van der Waals surface area contributed by atoms with E-state index in [-0.39, 0.29) is 0 Å². The predicted molar refractivity (Wildman–Crippen MR) is 108 cm³/mol. The molecular formula is C21H23N3S. The average molecular weight is 350 g/mol. The number of nitrogens with zero attached hydrogens (tertiary/aromatic N) is 2. The molecule has 2 atom stereocenters. The third-order valence-corrected chi connectivity index (χ3v) is 5.92. The Morgan fingerprint density at radius 2 is 1.80 bits per heavy atom. The Balaban J connectivity index is 1.70. The highest BCUT2D eigenvalue weighted by Crippen LogP contribution is 2.42. The van der Waals surface area contributed by atoms with E-state index in [1.165, 1.54) is 22.4 Å². The fraction of sp³-hybridized carbons (Fsp3) is 0.286. The van der Waals surface area contributed by atoms with E-state index in [4.69, 9.17) is 10.8 Å². The van der Waals surface area contributed by atoms with Gasteiger partial charge in [0, 0.05) is 30.5 Å². The third kappa shape index (κ3) is 3.37. The first kappa shape index (κ1) is 16.4. The van der Waals surface area contributed by atoms with Gasteiger partial charge in [-0.05, 0) is 22.8 Å². The van der Waals surface area contributed by atoms with Gasteiger partial charge in [0.2, 0.25) is 0 Å². The fourth-order valence-electron chi connectivity index (χ4n) is 3.72. The first-order chi connectivity index (χ1) is 12.4. The molecule has 0 bridgehead atoms. The van der Waals surface area contributed by atoms with Crippen LogP contribution < -0.4 is 5.73 Å². The second kappa shape index (κ2) is 7.46. The molecule has 2 aliphatic rings. The molecule has 4 heteroatoms. The number of hydrogen-bond acceptors (Lipinski definition) is 4. The molecule has 25 heavy (non-hydrogen) atoms. The van der Waals surface area contributed by atoms with Crippen molar-refractivity contribution < 1.29 is 0 Å². The second-order valence-electron chi connectivity index (χ2n) is 6.49. The largest absolute Gasteiger partial charge is 0.329 e. The number of hydrazone groups is 1. The smallest absolute Gasteiger partial charge is 0.0813 e. The SMILES string of the molecule is NCCN1N=C2C(=Cc3ccccc3)CSCC2C1c1ccccc1. The Bertz CT molecular complexity index is 770. The van der Waals surface area contributed by atoms with E-state index in [0.29, 0.717) is 18.5 Å². The highest BCUT2D eigenvalue weighted by Gasteiger charge is 2.41. The molecule has 1 fully saturated rings. The lowest BCUT2D eigenvalue weighted by molar-refractivity contribution is 0.215. The summed E-state index contributed by atoms with van der Waals surface area (Å²) in [5.74, 6) is 2.58. The van der Waals surface area contributed by atoms with Crippen molar-refractivity contribution in [3.05, 3.63) is 77.4 Å². The molecule has 0 aromatic heterocycles. The van der Waals surface area contributed by atoms with Gasteiger partial charge in [0.05, 0.1) is 11.8 Å². The van der Waals surface area contributed by atoms with E-state index in [2.05, 4.69) is 71.7 Å². The minimum Gasteiger partial charge on any atom is -0.329 e. The van der Waals surface area contributed by atoms with Crippen molar-refractivity contribution in [3.63, 3.8) is 0 Å². The van der Waals surface area contributed by atoms with Crippen molar-refractivity contribution in [3.8, 4) is 0 Å². The Kier molecular flexibility index (Phi) is 4.90. The fourth-order valence-corrected chi connectivity index (χ4v) is 4.88. The molecule has 2 unspecified atom stereocenters. The van der Waals surface area contributed by atoms with Gasteiger partial charge < -0.3 is 5.73 Å². The third-order valence-electron chi connectivity index (χ3n) is 4.81. The monoisotopic (exact) mass is 349 g/mol. The second-order valence-corrected chi connectivity index (χ2v) is 7.52. The summed E-state index contributed by atoms with van der Waals surface area (Å²) in [6, 6.07) is 21.6. The maximum atomic E-state index is 5.87. The van der Waals surface area contributed by atoms with Gasteiger partial charge in [-0.15, -0.1) is 0 Å². The van der Waals surface area contributed by atoms with Crippen LogP contribution in [0.4, 0.5) is 0 Å². The molecule has 0 spiro atoms. The number of fused-ring (bicyclic) bond motifs is 1. The molecule has 0 amide bonds. The highest BCUT2D eigenvalue weighted by molar-refractivity contribution is 7.99. The Labute approximate surface area is 153 Å². The summed E-state index contributed by atoms with van der Waals surface area (Å²) < 4.78 is 0. The zero-order valence-electron chi connectivity index (χ0n) is 14.2. The highest BCUT2D eigenvalue weighted by atomic mass is 32.2. The van der Waals surface area contributed by atoms with Crippen LogP contribution in [-0.4, -0.2) is 35.3 Å². The molecule has 0 aliphatic carbocycles. The zero-order valence-corrected chi connectivity index (χ0v) is 15.0. The molecule has 3 nitrogen and oxygen atoms in total. The van der Waals surface area contributed by atoms with Gasteiger partial charge in [0.25, 0.3) is 0 Å². The van der Waals surface area contributed by atoms with Crippen LogP contribution >= 0.6 is 11.8 Å². The Hall–Kier alpha value is -2.04. The lowest BCUT2D eigenvalue weighted by Gasteiger charge is -2.30. The van der Waals surface area contributed by atoms with E-state index in [1.807, 2.05) is 11.8 Å². The summed E-state index contributed by atoms with van der Waals surface area (Å²) in [5.41, 5.74) is 11.1. The van der Waals surface area contributed by atoms with Crippen LogP contribution in [0.2, 0.25) is 0 Å². The van der Waals surface area contributed by atoms with E-state index >= 15 is 0 Å². The Morgan fingerprint density at radius 3 is 2.52 bits per heavy atom. The van der Waals surface area contributed by atoms with Gasteiger partial charge in [0.1, 0.15) is 0 Å². The number of thioether (sulfide) groups is 1. The summed E-state index contributed by atoms with van der Waals surface area (Å²) in [7, 11) is 0. The zero-order chi connectivity index (χ0) is 17.1. The molecule has 2 N–H and O–H groups in total. The van der Waals surface area contributed by atoms with Gasteiger partial charge in [0.15, 0.2) is 0 Å². The number of rotatable bonds is 4.